The van der Waals surface area contributed by atoms with Crippen molar-refractivity contribution < 1.29 is 10.2 Å². The van der Waals surface area contributed by atoms with Gasteiger partial charge in [-0.1, -0.05) is 116 Å². The molecule has 2 aromatic carbocycles. The average Bonchev–Trinajstić information content (AvgIpc) is 3.00. The fraction of sp³-hybridized carbons (Fsp3) is 0.632. The van der Waals surface area contributed by atoms with E-state index in [9.17, 15) is 10.2 Å². The topological polar surface area (TPSA) is 65.2 Å². The van der Waals surface area contributed by atoms with Gasteiger partial charge in [-0.3, -0.25) is 9.98 Å². The minimum absolute atomic E-state index is 0.0977. The van der Waals surface area contributed by atoms with Crippen LogP contribution in [0.5, 0.6) is 11.5 Å². The second-order valence-corrected chi connectivity index (χ2v) is 12.5. The van der Waals surface area contributed by atoms with Crippen molar-refractivity contribution in [3.8, 4) is 11.5 Å². The van der Waals surface area contributed by atoms with Crippen molar-refractivity contribution >= 4 is 12.4 Å². The zero-order chi connectivity index (χ0) is 29.8. The molecule has 2 N–H and O–H groups in total. The lowest BCUT2D eigenvalue weighted by molar-refractivity contribution is 0.390. The van der Waals surface area contributed by atoms with Crippen LogP contribution in [0.3, 0.4) is 0 Å². The fourth-order valence-corrected chi connectivity index (χ4v) is 6.07. The Morgan fingerprint density at radius 2 is 0.952 bits per heavy atom. The number of rotatable bonds is 20. The molecule has 3 rings (SSSR count). The quantitative estimate of drug-likeness (QED) is 0.122. The van der Waals surface area contributed by atoms with Crippen molar-refractivity contribution in [3.05, 3.63) is 58.7 Å². The van der Waals surface area contributed by atoms with Crippen LogP contribution in [0, 0.1) is 0 Å². The van der Waals surface area contributed by atoms with E-state index < -0.39 is 0 Å². The minimum atomic E-state index is 0.0977. The molecule has 4 heteroatoms. The molecule has 232 valence electrons. The molecule has 2 atom stereocenters. The maximum atomic E-state index is 10.7. The van der Waals surface area contributed by atoms with E-state index in [0.717, 1.165) is 49.7 Å². The zero-order valence-corrected chi connectivity index (χ0v) is 26.7. The lowest BCUT2D eigenvalue weighted by atomic mass is 9.91. The number of aryl methyl sites for hydroxylation is 2. The van der Waals surface area contributed by atoms with E-state index in [0.29, 0.717) is 11.5 Å². The third kappa shape index (κ3) is 12.7. The van der Waals surface area contributed by atoms with Crippen LogP contribution < -0.4 is 0 Å². The highest BCUT2D eigenvalue weighted by Crippen LogP contribution is 2.26. The molecular formula is C38H58N2O2. The van der Waals surface area contributed by atoms with E-state index in [2.05, 4.69) is 26.0 Å². The van der Waals surface area contributed by atoms with Crippen molar-refractivity contribution in [1.29, 1.82) is 0 Å². The first-order valence-electron chi connectivity index (χ1n) is 17.3. The summed E-state index contributed by atoms with van der Waals surface area (Å²) in [5, 5.41) is 21.3. The molecule has 2 aromatic rings. The lowest BCUT2D eigenvalue weighted by Gasteiger charge is -2.25. The summed E-state index contributed by atoms with van der Waals surface area (Å²) in [5.41, 5.74) is 3.96. The summed E-state index contributed by atoms with van der Waals surface area (Å²) in [4.78, 5) is 9.78. The summed E-state index contributed by atoms with van der Waals surface area (Å²) in [6, 6.07) is 12.3. The molecule has 0 aromatic heterocycles. The first-order valence-corrected chi connectivity index (χ1v) is 17.3. The largest absolute Gasteiger partial charge is 0.507 e. The van der Waals surface area contributed by atoms with Gasteiger partial charge in [0, 0.05) is 23.6 Å². The third-order valence-corrected chi connectivity index (χ3v) is 8.83. The van der Waals surface area contributed by atoms with Crippen LogP contribution in [0.2, 0.25) is 0 Å². The third-order valence-electron chi connectivity index (χ3n) is 8.83. The summed E-state index contributed by atoms with van der Waals surface area (Å²) in [6.07, 6.45) is 28.2. The Bertz CT molecular complexity index is 991. The number of phenols is 2. The highest BCUT2D eigenvalue weighted by Gasteiger charge is 2.23. The highest BCUT2D eigenvalue weighted by atomic mass is 16.3. The van der Waals surface area contributed by atoms with Crippen LogP contribution in [0.25, 0.3) is 0 Å². The van der Waals surface area contributed by atoms with Gasteiger partial charge in [0.2, 0.25) is 0 Å². The first-order chi connectivity index (χ1) is 20.6. The smallest absolute Gasteiger partial charge is 0.124 e. The molecule has 0 aliphatic heterocycles. The average molecular weight is 575 g/mol. The second-order valence-electron chi connectivity index (χ2n) is 12.5. The summed E-state index contributed by atoms with van der Waals surface area (Å²) < 4.78 is 0. The predicted molar refractivity (Wildman–Crippen MR) is 181 cm³/mol. The van der Waals surface area contributed by atoms with E-state index in [4.69, 9.17) is 9.98 Å². The summed E-state index contributed by atoms with van der Waals surface area (Å²) in [6.45, 7) is 4.51. The fourth-order valence-electron chi connectivity index (χ4n) is 6.07. The van der Waals surface area contributed by atoms with E-state index in [1.807, 2.05) is 36.7 Å². The van der Waals surface area contributed by atoms with Crippen LogP contribution in [0.1, 0.15) is 152 Å². The van der Waals surface area contributed by atoms with Gasteiger partial charge in [0.25, 0.3) is 0 Å². The number of phenolic OH excluding ortho intramolecular Hbond substituents is 2. The van der Waals surface area contributed by atoms with Crippen molar-refractivity contribution in [2.75, 3.05) is 0 Å². The Morgan fingerprint density at radius 1 is 0.571 bits per heavy atom. The van der Waals surface area contributed by atoms with Gasteiger partial charge in [0.05, 0.1) is 12.1 Å². The van der Waals surface area contributed by atoms with Crippen LogP contribution in [0.4, 0.5) is 0 Å². The molecule has 1 fully saturated rings. The van der Waals surface area contributed by atoms with E-state index >= 15 is 0 Å². The number of unbranched alkanes of at least 4 members (excludes halogenated alkanes) is 12. The Morgan fingerprint density at radius 3 is 1.33 bits per heavy atom. The number of hydrogen-bond donors (Lipinski definition) is 2. The molecular weight excluding hydrogens is 516 g/mol. The second kappa shape index (κ2) is 20.3. The zero-order valence-electron chi connectivity index (χ0n) is 26.7. The van der Waals surface area contributed by atoms with E-state index in [1.165, 1.54) is 101 Å². The number of nitrogens with zero attached hydrogens (tertiary/aromatic N) is 2. The van der Waals surface area contributed by atoms with Gasteiger partial charge in [-0.25, -0.2) is 0 Å². The Labute approximate surface area is 256 Å². The van der Waals surface area contributed by atoms with Crippen molar-refractivity contribution in [2.24, 2.45) is 9.98 Å². The maximum absolute atomic E-state index is 10.7. The summed E-state index contributed by atoms with van der Waals surface area (Å²) in [5.74, 6) is 0.633. The molecule has 0 bridgehead atoms. The number of aliphatic imine (C=N–C) groups is 2. The van der Waals surface area contributed by atoms with Crippen molar-refractivity contribution in [3.63, 3.8) is 0 Å². The molecule has 4 nitrogen and oxygen atoms in total. The molecule has 42 heavy (non-hydrogen) atoms. The van der Waals surface area contributed by atoms with Gasteiger partial charge >= 0.3 is 0 Å². The monoisotopic (exact) mass is 574 g/mol. The summed E-state index contributed by atoms with van der Waals surface area (Å²) >= 11 is 0. The first kappa shape index (κ1) is 33.9. The van der Waals surface area contributed by atoms with Crippen LogP contribution in [0.15, 0.2) is 46.4 Å². The Balaban J connectivity index is 1.48. The van der Waals surface area contributed by atoms with Crippen molar-refractivity contribution in [2.45, 2.75) is 154 Å². The Hall–Kier alpha value is -2.62. The number of aromatic hydroxyl groups is 2. The van der Waals surface area contributed by atoms with E-state index in [-0.39, 0.29) is 12.1 Å². The molecule has 0 radical (unpaired) electrons. The lowest BCUT2D eigenvalue weighted by Crippen LogP contribution is -2.27. The van der Waals surface area contributed by atoms with E-state index in [1.54, 1.807) is 0 Å². The molecule has 0 spiro atoms. The minimum Gasteiger partial charge on any atom is -0.507 e. The summed E-state index contributed by atoms with van der Waals surface area (Å²) in [7, 11) is 0. The van der Waals surface area contributed by atoms with Gasteiger partial charge in [-0.2, -0.15) is 0 Å². The van der Waals surface area contributed by atoms with Crippen LogP contribution in [-0.4, -0.2) is 34.7 Å². The normalized spacial score (nSPS) is 17.5. The molecule has 1 aliphatic carbocycles. The van der Waals surface area contributed by atoms with Gasteiger partial charge < -0.3 is 10.2 Å². The van der Waals surface area contributed by atoms with Gasteiger partial charge in [0.15, 0.2) is 0 Å². The molecule has 0 saturated heterocycles. The maximum Gasteiger partial charge on any atom is 0.124 e. The molecule has 1 aliphatic rings. The van der Waals surface area contributed by atoms with Gasteiger partial charge in [0.1, 0.15) is 11.5 Å². The number of benzene rings is 2. The highest BCUT2D eigenvalue weighted by molar-refractivity contribution is 5.84. The Kier molecular flexibility index (Phi) is 16.4. The molecule has 0 heterocycles. The SMILES string of the molecule is CCCCCCCCCc1ccc(C=N[C@H]2CCCC[C@H]2N=Cc2ccc(CCCCCCCCC)cc2O)c(O)c1. The molecule has 0 unspecified atom stereocenters. The van der Waals surface area contributed by atoms with Crippen LogP contribution >= 0.6 is 0 Å². The van der Waals surface area contributed by atoms with Crippen molar-refractivity contribution in [1.82, 2.24) is 0 Å². The van der Waals surface area contributed by atoms with Gasteiger partial charge in [-0.15, -0.1) is 0 Å². The molecule has 1 saturated carbocycles. The van der Waals surface area contributed by atoms with Crippen LogP contribution in [-0.2, 0) is 12.8 Å². The van der Waals surface area contributed by atoms with Gasteiger partial charge in [-0.05, 0) is 73.9 Å². The standard InChI is InChI=1S/C38H58N2O2/c1-3-5-7-9-11-13-15-19-31-23-25-33(37(41)27-31)29-39-35-21-17-18-22-36(35)40-30-34-26-24-32(28-38(34)42)20-16-14-12-10-8-6-4-2/h23-30,35-36,41-42H,3-22H2,1-2H3/t35-,36+. The number of hydrogen-bond acceptors (Lipinski definition) is 4. The molecule has 0 amide bonds. The predicted octanol–water partition coefficient (Wildman–Crippen LogP) is 10.5.